The van der Waals surface area contributed by atoms with Gasteiger partial charge < -0.3 is 10.6 Å². The van der Waals surface area contributed by atoms with Gasteiger partial charge in [-0.2, -0.15) is 0 Å². The first-order valence-corrected chi connectivity index (χ1v) is 7.82. The summed E-state index contributed by atoms with van der Waals surface area (Å²) < 4.78 is 0. The third-order valence-corrected chi connectivity index (χ3v) is 3.36. The zero-order valence-electron chi connectivity index (χ0n) is 13.5. The highest BCUT2D eigenvalue weighted by Gasteiger charge is 2.01. The molecule has 2 aromatic rings. The summed E-state index contributed by atoms with van der Waals surface area (Å²) in [6.07, 6.45) is 6.10. The van der Waals surface area contributed by atoms with Crippen molar-refractivity contribution in [1.29, 1.82) is 0 Å². The molecule has 0 saturated carbocycles. The fourth-order valence-electron chi connectivity index (χ4n) is 2.16. The third-order valence-electron chi connectivity index (χ3n) is 3.36. The van der Waals surface area contributed by atoms with Gasteiger partial charge in [-0.3, -0.25) is 9.78 Å². The summed E-state index contributed by atoms with van der Waals surface area (Å²) in [6.45, 7) is 4.06. The summed E-state index contributed by atoms with van der Waals surface area (Å²) in [6, 6.07) is 14.0. The van der Waals surface area contributed by atoms with E-state index >= 15 is 0 Å². The van der Waals surface area contributed by atoms with Gasteiger partial charge >= 0.3 is 0 Å². The summed E-state index contributed by atoms with van der Waals surface area (Å²) >= 11 is 0. The highest BCUT2D eigenvalue weighted by molar-refractivity contribution is 5.76. The fraction of sp³-hybridized carbons (Fsp3) is 0.263. The summed E-state index contributed by atoms with van der Waals surface area (Å²) in [4.78, 5) is 15.8. The zero-order chi connectivity index (χ0) is 16.3. The van der Waals surface area contributed by atoms with Gasteiger partial charge in [0.1, 0.15) is 0 Å². The number of carbonyl (C=O) groups is 1. The number of nitrogens with one attached hydrogen (secondary N) is 2. The molecule has 0 aliphatic carbocycles. The van der Waals surface area contributed by atoms with Crippen LogP contribution in [0, 0.1) is 0 Å². The van der Waals surface area contributed by atoms with Gasteiger partial charge in [-0.15, -0.1) is 0 Å². The molecule has 0 bridgehead atoms. The van der Waals surface area contributed by atoms with Crippen molar-refractivity contribution < 1.29 is 4.79 Å². The smallest absolute Gasteiger partial charge is 0.221 e. The lowest BCUT2D eigenvalue weighted by atomic mass is 10.1. The second-order valence-corrected chi connectivity index (χ2v) is 5.47. The molecule has 120 valence electrons. The maximum Gasteiger partial charge on any atom is 0.221 e. The van der Waals surface area contributed by atoms with E-state index in [-0.39, 0.29) is 5.91 Å². The normalized spacial score (nSPS) is 11.3. The third kappa shape index (κ3) is 6.89. The van der Waals surface area contributed by atoms with E-state index in [0.717, 1.165) is 12.1 Å². The molecule has 23 heavy (non-hydrogen) atoms. The van der Waals surface area contributed by atoms with Crippen LogP contribution in [-0.4, -0.2) is 24.0 Å². The number of carbonyl (C=O) groups excluding carboxylic acids is 1. The highest BCUT2D eigenvalue weighted by atomic mass is 16.1. The predicted molar refractivity (Wildman–Crippen MR) is 93.7 cm³/mol. The molecule has 0 unspecified atom stereocenters. The minimum absolute atomic E-state index is 0.0473. The van der Waals surface area contributed by atoms with E-state index in [2.05, 4.69) is 40.8 Å². The van der Waals surface area contributed by atoms with Crippen LogP contribution < -0.4 is 10.6 Å². The van der Waals surface area contributed by atoms with E-state index in [1.54, 1.807) is 12.4 Å². The molecule has 2 N–H and O–H groups in total. The number of hydrogen-bond acceptors (Lipinski definition) is 3. The van der Waals surface area contributed by atoms with E-state index in [4.69, 9.17) is 0 Å². The summed E-state index contributed by atoms with van der Waals surface area (Å²) in [5.74, 6) is 0.0473. The summed E-state index contributed by atoms with van der Waals surface area (Å²) in [7, 11) is 0. The first-order valence-electron chi connectivity index (χ1n) is 7.82. The maximum atomic E-state index is 11.8. The number of benzene rings is 1. The lowest BCUT2D eigenvalue weighted by molar-refractivity contribution is -0.121. The molecule has 0 atom stereocenters. The lowest BCUT2D eigenvalue weighted by Gasteiger charge is -2.07. The largest absolute Gasteiger partial charge is 0.352 e. The molecule has 4 nitrogen and oxygen atoms in total. The second kappa shape index (κ2) is 9.54. The van der Waals surface area contributed by atoms with Crippen molar-refractivity contribution in [3.63, 3.8) is 0 Å². The average Bonchev–Trinajstić information content (AvgIpc) is 2.59. The second-order valence-electron chi connectivity index (χ2n) is 5.47. The van der Waals surface area contributed by atoms with Crippen molar-refractivity contribution in [3.8, 4) is 0 Å². The molecular formula is C19H23N3O. The molecule has 0 aliphatic rings. The molecule has 1 amide bonds. The first-order chi connectivity index (χ1) is 11.2. The van der Waals surface area contributed by atoms with Crippen LogP contribution in [0.5, 0.6) is 0 Å². The molecule has 1 aromatic carbocycles. The van der Waals surface area contributed by atoms with Crippen molar-refractivity contribution in [2.45, 2.75) is 19.9 Å². The van der Waals surface area contributed by atoms with E-state index in [0.29, 0.717) is 19.5 Å². The Morgan fingerprint density at radius 3 is 2.74 bits per heavy atom. The van der Waals surface area contributed by atoms with Crippen molar-refractivity contribution in [2.24, 2.45) is 0 Å². The maximum absolute atomic E-state index is 11.8. The van der Waals surface area contributed by atoms with Crippen LogP contribution in [0.1, 0.15) is 24.5 Å². The van der Waals surface area contributed by atoms with Gasteiger partial charge in [-0.05, 0) is 24.1 Å². The number of pyridine rings is 1. The van der Waals surface area contributed by atoms with Gasteiger partial charge in [0.25, 0.3) is 0 Å². The molecule has 0 spiro atoms. The molecule has 0 saturated heterocycles. The van der Waals surface area contributed by atoms with Gasteiger partial charge in [0.15, 0.2) is 0 Å². The first kappa shape index (κ1) is 16.9. The molecule has 2 rings (SSSR count). The van der Waals surface area contributed by atoms with E-state index < -0.39 is 0 Å². The summed E-state index contributed by atoms with van der Waals surface area (Å²) in [5, 5.41) is 6.19. The molecule has 0 fully saturated rings. The van der Waals surface area contributed by atoms with Crippen molar-refractivity contribution in [1.82, 2.24) is 15.6 Å². The standard InChI is InChI=1S/C19H23N3O/c1-16(12-17-6-3-2-4-7-17)13-21-11-9-19(23)22-15-18-8-5-10-20-14-18/h2-8,10,12,14,21H,9,11,13,15H2,1H3,(H,22,23)/b16-12-. The van der Waals surface area contributed by atoms with Gasteiger partial charge in [-0.1, -0.05) is 48.0 Å². The zero-order valence-corrected chi connectivity index (χ0v) is 13.5. The fourth-order valence-corrected chi connectivity index (χ4v) is 2.16. The SMILES string of the molecule is C/C(=C/c1ccccc1)CNCCC(=O)NCc1cccnc1. The number of aromatic nitrogens is 1. The van der Waals surface area contributed by atoms with Crippen molar-refractivity contribution in [2.75, 3.05) is 13.1 Å². The minimum atomic E-state index is 0.0473. The Labute approximate surface area is 137 Å². The van der Waals surface area contributed by atoms with Crippen molar-refractivity contribution >= 4 is 12.0 Å². The monoisotopic (exact) mass is 309 g/mol. The average molecular weight is 309 g/mol. The quantitative estimate of drug-likeness (QED) is 0.737. The minimum Gasteiger partial charge on any atom is -0.352 e. The molecule has 1 heterocycles. The number of hydrogen-bond donors (Lipinski definition) is 2. The molecule has 0 aliphatic heterocycles. The van der Waals surface area contributed by atoms with Crippen LogP contribution in [0.15, 0.2) is 60.4 Å². The van der Waals surface area contributed by atoms with Crippen LogP contribution in [0.4, 0.5) is 0 Å². The van der Waals surface area contributed by atoms with E-state index in [1.807, 2.05) is 30.3 Å². The summed E-state index contributed by atoms with van der Waals surface area (Å²) in [5.41, 5.74) is 3.45. The number of rotatable bonds is 8. The van der Waals surface area contributed by atoms with Crippen LogP contribution in [-0.2, 0) is 11.3 Å². The topological polar surface area (TPSA) is 54.0 Å². The Morgan fingerprint density at radius 1 is 1.17 bits per heavy atom. The van der Waals surface area contributed by atoms with Gasteiger partial charge in [0, 0.05) is 38.4 Å². The molecular weight excluding hydrogens is 286 g/mol. The van der Waals surface area contributed by atoms with E-state index in [1.165, 1.54) is 11.1 Å². The Kier molecular flexibility index (Phi) is 7.01. The van der Waals surface area contributed by atoms with Gasteiger partial charge in [0.05, 0.1) is 0 Å². The van der Waals surface area contributed by atoms with E-state index in [9.17, 15) is 4.79 Å². The predicted octanol–water partition coefficient (Wildman–Crippen LogP) is 2.78. The number of amides is 1. The van der Waals surface area contributed by atoms with Crippen LogP contribution in [0.25, 0.3) is 6.08 Å². The Bertz CT molecular complexity index is 624. The van der Waals surface area contributed by atoms with Crippen LogP contribution >= 0.6 is 0 Å². The highest BCUT2D eigenvalue weighted by Crippen LogP contribution is 2.05. The van der Waals surface area contributed by atoms with Gasteiger partial charge in [0.2, 0.25) is 5.91 Å². The van der Waals surface area contributed by atoms with Crippen LogP contribution in [0.2, 0.25) is 0 Å². The van der Waals surface area contributed by atoms with Crippen LogP contribution in [0.3, 0.4) is 0 Å². The van der Waals surface area contributed by atoms with Crippen molar-refractivity contribution in [3.05, 3.63) is 71.6 Å². The molecule has 0 radical (unpaired) electrons. The Morgan fingerprint density at radius 2 is 2.00 bits per heavy atom. The van der Waals surface area contributed by atoms with Gasteiger partial charge in [-0.25, -0.2) is 0 Å². The Hall–Kier alpha value is -2.46. The number of nitrogens with zero attached hydrogens (tertiary/aromatic N) is 1. The Balaban J connectivity index is 1.61. The molecule has 4 heteroatoms. The lowest BCUT2D eigenvalue weighted by Crippen LogP contribution is -2.28. The molecule has 1 aromatic heterocycles.